The second-order valence-electron chi connectivity index (χ2n) is 10.3. The Hall–Kier alpha value is -3.12. The largest absolute Gasteiger partial charge is 0.490 e. The van der Waals surface area contributed by atoms with Crippen molar-refractivity contribution in [2.75, 3.05) is 24.6 Å². The molecular weight excluding hydrogens is 428 g/mol. The van der Waals surface area contributed by atoms with Gasteiger partial charge in [0, 0.05) is 23.2 Å². The number of fused-ring (bicyclic) bond motifs is 1. The third-order valence-corrected chi connectivity index (χ3v) is 6.64. The van der Waals surface area contributed by atoms with E-state index in [9.17, 15) is 9.90 Å². The lowest BCUT2D eigenvalue weighted by Crippen LogP contribution is -2.37. The molecule has 0 aliphatic carbocycles. The van der Waals surface area contributed by atoms with Crippen LogP contribution < -0.4 is 9.64 Å². The number of rotatable bonds is 4. The molecule has 2 aliphatic heterocycles. The van der Waals surface area contributed by atoms with Gasteiger partial charge >= 0.3 is 5.97 Å². The van der Waals surface area contributed by atoms with Gasteiger partial charge in [-0.05, 0) is 87.9 Å². The Morgan fingerprint density at radius 1 is 1.18 bits per heavy atom. The number of ether oxygens (including phenoxy) is 2. The second-order valence-corrected chi connectivity index (χ2v) is 10.3. The number of carbonyl (C=O) groups is 1. The van der Waals surface area contributed by atoms with E-state index in [4.69, 9.17) is 14.5 Å². The molecule has 3 heterocycles. The summed E-state index contributed by atoms with van der Waals surface area (Å²) in [7, 11) is 0. The lowest BCUT2D eigenvalue weighted by Gasteiger charge is -2.38. The molecule has 34 heavy (non-hydrogen) atoms. The Morgan fingerprint density at radius 3 is 2.71 bits per heavy atom. The Labute approximate surface area is 200 Å². The zero-order valence-electron chi connectivity index (χ0n) is 20.6. The maximum atomic E-state index is 12.6. The van der Waals surface area contributed by atoms with Gasteiger partial charge in [-0.1, -0.05) is 12.1 Å². The number of nitrogens with zero attached hydrogens (tertiary/aromatic N) is 2. The van der Waals surface area contributed by atoms with Crippen molar-refractivity contribution in [3.05, 3.63) is 52.7 Å². The highest BCUT2D eigenvalue weighted by Gasteiger charge is 2.34. The molecule has 2 aliphatic rings. The van der Waals surface area contributed by atoms with Gasteiger partial charge in [0.05, 0.1) is 23.3 Å². The minimum atomic E-state index is -1.10. The monoisotopic (exact) mass is 460 g/mol. The number of benzene rings is 2. The summed E-state index contributed by atoms with van der Waals surface area (Å²) in [5.41, 5.74) is 7.06. The molecule has 5 rings (SSSR count). The van der Waals surface area contributed by atoms with Gasteiger partial charge in [0.2, 0.25) is 0 Å². The first-order valence-electron chi connectivity index (χ1n) is 12.0. The summed E-state index contributed by atoms with van der Waals surface area (Å²) in [6.07, 6.45) is 0.880. The zero-order valence-corrected chi connectivity index (χ0v) is 20.6. The Bertz CT molecular complexity index is 1290. The van der Waals surface area contributed by atoms with E-state index in [-0.39, 0.29) is 0 Å². The number of anilines is 1. The first-order valence-corrected chi connectivity index (χ1v) is 12.0. The van der Waals surface area contributed by atoms with Crippen LogP contribution in [-0.2, 0) is 16.0 Å². The molecule has 6 nitrogen and oxygen atoms in total. The van der Waals surface area contributed by atoms with Gasteiger partial charge in [-0.2, -0.15) is 0 Å². The third-order valence-electron chi connectivity index (χ3n) is 6.64. The van der Waals surface area contributed by atoms with Crippen molar-refractivity contribution in [2.24, 2.45) is 0 Å². The molecule has 178 valence electrons. The number of pyridine rings is 1. The fraction of sp³-hybridized carbons (Fsp3) is 0.429. The third kappa shape index (κ3) is 3.90. The van der Waals surface area contributed by atoms with Crippen molar-refractivity contribution >= 4 is 22.6 Å². The number of carboxylic acids is 1. The summed E-state index contributed by atoms with van der Waals surface area (Å²) >= 11 is 0. The molecule has 1 aromatic heterocycles. The van der Waals surface area contributed by atoms with Crippen LogP contribution in [0.4, 0.5) is 5.69 Å². The average Bonchev–Trinajstić information content (AvgIpc) is 2.77. The summed E-state index contributed by atoms with van der Waals surface area (Å²) in [6.45, 7) is 12.2. The van der Waals surface area contributed by atoms with Gasteiger partial charge in [0.15, 0.2) is 6.10 Å². The second kappa shape index (κ2) is 8.27. The van der Waals surface area contributed by atoms with E-state index in [1.165, 1.54) is 5.56 Å². The Morgan fingerprint density at radius 2 is 1.97 bits per heavy atom. The number of aromatic nitrogens is 1. The topological polar surface area (TPSA) is 71.9 Å². The van der Waals surface area contributed by atoms with Crippen molar-refractivity contribution in [2.45, 2.75) is 59.2 Å². The minimum absolute atomic E-state index is 0.623. The molecule has 0 amide bonds. The van der Waals surface area contributed by atoms with Gasteiger partial charge < -0.3 is 19.5 Å². The predicted molar refractivity (Wildman–Crippen MR) is 134 cm³/mol. The molecule has 2 aromatic carbocycles. The molecule has 0 saturated carbocycles. The highest BCUT2D eigenvalue weighted by Crippen LogP contribution is 2.48. The molecule has 0 fully saturated rings. The minimum Gasteiger partial charge on any atom is -0.490 e. The van der Waals surface area contributed by atoms with Crippen molar-refractivity contribution in [3.8, 4) is 16.9 Å². The number of aryl methyl sites for hydroxylation is 2. The van der Waals surface area contributed by atoms with Crippen molar-refractivity contribution in [1.29, 1.82) is 0 Å². The molecule has 1 N–H and O–H groups in total. The first-order chi connectivity index (χ1) is 16.1. The lowest BCUT2D eigenvalue weighted by atomic mass is 9.83. The summed E-state index contributed by atoms with van der Waals surface area (Å²) in [4.78, 5) is 19.8. The maximum absolute atomic E-state index is 12.6. The van der Waals surface area contributed by atoms with E-state index in [1.807, 2.05) is 52.8 Å². The smallest absolute Gasteiger partial charge is 0.337 e. The fourth-order valence-corrected chi connectivity index (χ4v) is 5.35. The first kappa shape index (κ1) is 22.7. The molecule has 6 heteroatoms. The van der Waals surface area contributed by atoms with Crippen LogP contribution in [0.1, 0.15) is 55.7 Å². The maximum Gasteiger partial charge on any atom is 0.337 e. The van der Waals surface area contributed by atoms with Gasteiger partial charge in [-0.3, -0.25) is 4.98 Å². The van der Waals surface area contributed by atoms with Crippen molar-refractivity contribution < 1.29 is 19.4 Å². The van der Waals surface area contributed by atoms with E-state index in [1.54, 1.807) is 0 Å². The van der Waals surface area contributed by atoms with Crippen LogP contribution in [0.2, 0.25) is 0 Å². The van der Waals surface area contributed by atoms with E-state index >= 15 is 0 Å². The van der Waals surface area contributed by atoms with E-state index in [2.05, 4.69) is 17.0 Å². The van der Waals surface area contributed by atoms with E-state index in [0.717, 1.165) is 70.7 Å². The van der Waals surface area contributed by atoms with Crippen LogP contribution in [0.3, 0.4) is 0 Å². The molecule has 0 unspecified atom stereocenters. The lowest BCUT2D eigenvalue weighted by molar-refractivity contribution is -0.160. The molecule has 0 radical (unpaired) electrons. The van der Waals surface area contributed by atoms with Crippen molar-refractivity contribution in [1.82, 2.24) is 4.98 Å². The molecule has 1 atom stereocenters. The molecule has 0 bridgehead atoms. The van der Waals surface area contributed by atoms with Crippen molar-refractivity contribution in [3.63, 3.8) is 0 Å². The Kier molecular flexibility index (Phi) is 5.52. The van der Waals surface area contributed by atoms with Gasteiger partial charge in [0.25, 0.3) is 0 Å². The molecule has 0 spiro atoms. The summed E-state index contributed by atoms with van der Waals surface area (Å²) in [5.74, 6) is -0.0758. The van der Waals surface area contributed by atoms with Gasteiger partial charge in [-0.25, -0.2) is 4.79 Å². The van der Waals surface area contributed by atoms with Gasteiger partial charge in [0.1, 0.15) is 12.4 Å². The van der Waals surface area contributed by atoms with Crippen LogP contribution in [-0.4, -0.2) is 41.4 Å². The van der Waals surface area contributed by atoms with Gasteiger partial charge in [-0.15, -0.1) is 0 Å². The van der Waals surface area contributed by atoms with Crippen LogP contribution in [0, 0.1) is 13.8 Å². The van der Waals surface area contributed by atoms with E-state index in [0.29, 0.717) is 12.2 Å². The van der Waals surface area contributed by atoms with E-state index < -0.39 is 17.7 Å². The molecule has 3 aromatic rings. The molecule has 0 saturated heterocycles. The fourth-order valence-electron chi connectivity index (χ4n) is 5.35. The zero-order chi connectivity index (χ0) is 24.2. The number of aliphatic carboxylic acids is 1. The number of hydrogen-bond donors (Lipinski definition) is 1. The highest BCUT2D eigenvalue weighted by atomic mass is 16.5. The van der Waals surface area contributed by atoms with Crippen LogP contribution in [0.5, 0.6) is 5.75 Å². The normalized spacial score (nSPS) is 16.2. The SMILES string of the molecule is Cc1ccc2c(-c3ccc4c5c3CCCN5CCO4)c([C@H](OC(C)(C)C)C(=O)O)c(C)cc2n1. The van der Waals surface area contributed by atoms with Crippen LogP contribution >= 0.6 is 0 Å². The Balaban J connectivity index is 1.86. The average molecular weight is 461 g/mol. The van der Waals surface area contributed by atoms with Crippen LogP contribution in [0.15, 0.2) is 30.3 Å². The number of hydrogen-bond acceptors (Lipinski definition) is 5. The summed E-state index contributed by atoms with van der Waals surface area (Å²) in [5, 5.41) is 11.2. The quantitative estimate of drug-likeness (QED) is 0.546. The summed E-state index contributed by atoms with van der Waals surface area (Å²) < 4.78 is 12.2. The highest BCUT2D eigenvalue weighted by molar-refractivity contribution is 6.01. The number of carboxylic acid groups (broad SMARTS) is 1. The standard InChI is InChI=1S/C28H32N2O4/c1-16-15-21-20(9-8-17(2)29-21)24(23(16)26(27(31)32)34-28(3,4)5)18-10-11-22-25-19(18)7-6-12-30(25)13-14-33-22/h8-11,15,26H,6-7,12-14H2,1-5H3,(H,31,32)/t26-/m0/s1. The predicted octanol–water partition coefficient (Wildman–Crippen LogP) is 5.60. The molecular formula is C28H32N2O4. The summed E-state index contributed by atoms with van der Waals surface area (Å²) in [6, 6.07) is 10.2. The van der Waals surface area contributed by atoms with Crippen LogP contribution in [0.25, 0.3) is 22.0 Å².